The highest BCUT2D eigenvalue weighted by atomic mass is 32.2. The van der Waals surface area contributed by atoms with Crippen LogP contribution >= 0.6 is 11.8 Å². The van der Waals surface area contributed by atoms with Crippen molar-refractivity contribution in [3.05, 3.63) is 88.5 Å². The molecule has 170 valence electrons. The molecule has 0 atom stereocenters. The van der Waals surface area contributed by atoms with Crippen LogP contribution in [0.4, 0.5) is 0 Å². The van der Waals surface area contributed by atoms with Gasteiger partial charge in [0.25, 0.3) is 0 Å². The lowest BCUT2D eigenvalue weighted by atomic mass is 10.2. The average molecular weight is 461 g/mol. The molecule has 0 spiro atoms. The number of nitrogens with one attached hydrogen (secondary N) is 1. The highest BCUT2D eigenvalue weighted by Crippen LogP contribution is 2.22. The van der Waals surface area contributed by atoms with Crippen LogP contribution in [0.5, 0.6) is 0 Å². The number of nitrogens with zero attached hydrogens (tertiary/aromatic N) is 5. The number of carbonyl (C=O) groups is 1. The number of hydrogen-bond donors (Lipinski definition) is 1. The van der Waals surface area contributed by atoms with E-state index in [0.717, 1.165) is 28.5 Å². The molecular formula is C25H28N6OS. The monoisotopic (exact) mass is 460 g/mol. The summed E-state index contributed by atoms with van der Waals surface area (Å²) in [4.78, 5) is 12.6. The number of amides is 1. The molecule has 4 rings (SSSR count). The molecule has 0 aliphatic rings. The Morgan fingerprint density at radius 2 is 1.70 bits per heavy atom. The van der Waals surface area contributed by atoms with E-state index in [2.05, 4.69) is 51.8 Å². The van der Waals surface area contributed by atoms with E-state index in [4.69, 9.17) is 0 Å². The van der Waals surface area contributed by atoms with E-state index in [-0.39, 0.29) is 11.7 Å². The van der Waals surface area contributed by atoms with Gasteiger partial charge in [-0.2, -0.15) is 5.10 Å². The highest BCUT2D eigenvalue weighted by Gasteiger charge is 2.15. The van der Waals surface area contributed by atoms with Crippen LogP contribution in [0.3, 0.4) is 0 Å². The maximum Gasteiger partial charge on any atom is 0.230 e. The van der Waals surface area contributed by atoms with Crippen LogP contribution in [0.1, 0.15) is 33.9 Å². The fourth-order valence-electron chi connectivity index (χ4n) is 3.70. The van der Waals surface area contributed by atoms with E-state index in [9.17, 15) is 4.79 Å². The van der Waals surface area contributed by atoms with Gasteiger partial charge in [-0.3, -0.25) is 14.0 Å². The van der Waals surface area contributed by atoms with Crippen LogP contribution in [0.2, 0.25) is 0 Å². The smallest absolute Gasteiger partial charge is 0.230 e. The molecule has 0 aliphatic heterocycles. The fraction of sp³-hybridized carbons (Fsp3) is 0.280. The molecule has 1 N–H and O–H groups in total. The van der Waals surface area contributed by atoms with E-state index < -0.39 is 0 Å². The predicted molar refractivity (Wildman–Crippen MR) is 131 cm³/mol. The van der Waals surface area contributed by atoms with Gasteiger partial charge in [-0.25, -0.2) is 0 Å². The molecule has 33 heavy (non-hydrogen) atoms. The molecule has 1 amide bonds. The standard InChI is InChI=1S/C25H28N6OS/c1-17-10-12-22(13-11-17)31-20(4)27-28-25(31)33-16-24(32)26-14-23-18(2)29-30(19(23)3)15-21-8-6-5-7-9-21/h5-13H,14-16H2,1-4H3,(H,26,32). The zero-order valence-electron chi connectivity index (χ0n) is 19.4. The molecule has 0 saturated heterocycles. The lowest BCUT2D eigenvalue weighted by molar-refractivity contribution is -0.118. The summed E-state index contributed by atoms with van der Waals surface area (Å²) in [7, 11) is 0. The second kappa shape index (κ2) is 10.0. The number of benzene rings is 2. The number of carbonyl (C=O) groups excluding carboxylic acids is 1. The van der Waals surface area contributed by atoms with E-state index in [0.29, 0.717) is 18.2 Å². The Hall–Kier alpha value is -3.39. The minimum absolute atomic E-state index is 0.0503. The molecule has 0 unspecified atom stereocenters. The maximum absolute atomic E-state index is 12.6. The Morgan fingerprint density at radius 3 is 2.42 bits per heavy atom. The number of aromatic nitrogens is 5. The fourth-order valence-corrected chi connectivity index (χ4v) is 4.52. The van der Waals surface area contributed by atoms with Gasteiger partial charge in [-0.05, 0) is 45.4 Å². The van der Waals surface area contributed by atoms with Gasteiger partial charge >= 0.3 is 0 Å². The van der Waals surface area contributed by atoms with Gasteiger partial charge in [0.1, 0.15) is 5.82 Å². The Labute approximate surface area is 198 Å². The second-order valence-corrected chi connectivity index (χ2v) is 9.00. The van der Waals surface area contributed by atoms with Crippen molar-refractivity contribution >= 4 is 17.7 Å². The van der Waals surface area contributed by atoms with Crippen LogP contribution in [0, 0.1) is 27.7 Å². The summed E-state index contributed by atoms with van der Waals surface area (Å²) < 4.78 is 3.97. The summed E-state index contributed by atoms with van der Waals surface area (Å²) in [6.45, 7) is 9.16. The van der Waals surface area contributed by atoms with Gasteiger partial charge in [0.15, 0.2) is 5.16 Å². The zero-order chi connectivity index (χ0) is 23.4. The zero-order valence-corrected chi connectivity index (χ0v) is 20.2. The Bertz CT molecular complexity index is 1240. The SMILES string of the molecule is Cc1ccc(-n2c(C)nnc2SCC(=O)NCc2c(C)nn(Cc3ccccc3)c2C)cc1. The van der Waals surface area contributed by atoms with Gasteiger partial charge in [-0.15, -0.1) is 10.2 Å². The summed E-state index contributed by atoms with van der Waals surface area (Å²) in [6, 6.07) is 18.4. The molecule has 2 heterocycles. The normalized spacial score (nSPS) is 11.0. The first kappa shape index (κ1) is 22.8. The van der Waals surface area contributed by atoms with Gasteiger partial charge in [0.2, 0.25) is 5.91 Å². The molecule has 7 nitrogen and oxygen atoms in total. The molecule has 2 aromatic carbocycles. The van der Waals surface area contributed by atoms with E-state index in [1.807, 2.05) is 60.4 Å². The highest BCUT2D eigenvalue weighted by molar-refractivity contribution is 7.99. The molecule has 8 heteroatoms. The molecule has 0 saturated carbocycles. The van der Waals surface area contributed by atoms with Crippen molar-refractivity contribution in [3.63, 3.8) is 0 Å². The third kappa shape index (κ3) is 5.34. The van der Waals surface area contributed by atoms with Gasteiger partial charge < -0.3 is 5.32 Å². The Kier molecular flexibility index (Phi) is 6.93. The number of rotatable bonds is 8. The molecular weight excluding hydrogens is 432 g/mol. The second-order valence-electron chi connectivity index (χ2n) is 8.06. The van der Waals surface area contributed by atoms with E-state index in [1.54, 1.807) is 0 Å². The van der Waals surface area contributed by atoms with Crippen molar-refractivity contribution < 1.29 is 4.79 Å². The van der Waals surface area contributed by atoms with Crippen LogP contribution in [-0.4, -0.2) is 36.2 Å². The van der Waals surface area contributed by atoms with Crippen molar-refractivity contribution in [1.29, 1.82) is 0 Å². The Morgan fingerprint density at radius 1 is 0.970 bits per heavy atom. The lowest BCUT2D eigenvalue weighted by Crippen LogP contribution is -2.25. The minimum atomic E-state index is -0.0503. The first-order chi connectivity index (χ1) is 15.9. The van der Waals surface area contributed by atoms with Gasteiger partial charge in [0, 0.05) is 23.5 Å². The number of hydrogen-bond acceptors (Lipinski definition) is 5. The van der Waals surface area contributed by atoms with Crippen molar-refractivity contribution in [3.8, 4) is 5.69 Å². The van der Waals surface area contributed by atoms with Gasteiger partial charge in [0.05, 0.1) is 18.0 Å². The molecule has 0 radical (unpaired) electrons. The molecule has 2 aromatic heterocycles. The third-order valence-corrected chi connectivity index (χ3v) is 6.52. The summed E-state index contributed by atoms with van der Waals surface area (Å²) in [6.07, 6.45) is 0. The maximum atomic E-state index is 12.6. The first-order valence-electron chi connectivity index (χ1n) is 10.9. The summed E-state index contributed by atoms with van der Waals surface area (Å²) >= 11 is 1.38. The molecule has 0 fully saturated rings. The molecule has 4 aromatic rings. The minimum Gasteiger partial charge on any atom is -0.351 e. The van der Waals surface area contributed by atoms with Crippen molar-refractivity contribution in [2.45, 2.75) is 45.9 Å². The van der Waals surface area contributed by atoms with Crippen LogP contribution < -0.4 is 5.32 Å². The van der Waals surface area contributed by atoms with Crippen LogP contribution in [0.25, 0.3) is 5.69 Å². The van der Waals surface area contributed by atoms with Crippen molar-refractivity contribution in [1.82, 2.24) is 29.9 Å². The average Bonchev–Trinajstić information content (AvgIpc) is 3.30. The largest absolute Gasteiger partial charge is 0.351 e. The summed E-state index contributed by atoms with van der Waals surface area (Å²) in [5.74, 6) is 1.00. The van der Waals surface area contributed by atoms with Crippen LogP contribution in [0.15, 0.2) is 59.8 Å². The predicted octanol–water partition coefficient (Wildman–Crippen LogP) is 4.15. The summed E-state index contributed by atoms with van der Waals surface area (Å²) in [5.41, 5.74) is 6.44. The van der Waals surface area contributed by atoms with Crippen molar-refractivity contribution in [2.75, 3.05) is 5.75 Å². The number of aryl methyl sites for hydroxylation is 3. The van der Waals surface area contributed by atoms with Gasteiger partial charge in [-0.1, -0.05) is 59.8 Å². The third-order valence-electron chi connectivity index (χ3n) is 5.59. The lowest BCUT2D eigenvalue weighted by Gasteiger charge is -2.09. The van der Waals surface area contributed by atoms with E-state index >= 15 is 0 Å². The van der Waals surface area contributed by atoms with Crippen molar-refractivity contribution in [2.24, 2.45) is 0 Å². The quantitative estimate of drug-likeness (QED) is 0.400. The molecule has 0 aliphatic carbocycles. The van der Waals surface area contributed by atoms with E-state index in [1.165, 1.54) is 22.9 Å². The number of thioether (sulfide) groups is 1. The summed E-state index contributed by atoms with van der Waals surface area (Å²) in [5, 5.41) is 16.9. The Balaban J connectivity index is 1.37. The topological polar surface area (TPSA) is 77.6 Å². The first-order valence-corrected chi connectivity index (χ1v) is 11.9. The molecule has 0 bridgehead atoms. The van der Waals surface area contributed by atoms with Crippen LogP contribution in [-0.2, 0) is 17.9 Å².